The van der Waals surface area contributed by atoms with E-state index in [-0.39, 0.29) is 23.0 Å². The van der Waals surface area contributed by atoms with Crippen LogP contribution in [0.2, 0.25) is 0 Å². The van der Waals surface area contributed by atoms with Crippen molar-refractivity contribution in [2.24, 2.45) is 5.41 Å². The van der Waals surface area contributed by atoms with Crippen molar-refractivity contribution in [1.82, 2.24) is 5.32 Å². The number of benzene rings is 1. The Balaban J connectivity index is 2.03. The molecule has 2 aliphatic rings. The molecular weight excluding hydrogens is 264 g/mol. The molecule has 2 heterocycles. The third kappa shape index (κ3) is 2.21. The van der Waals surface area contributed by atoms with E-state index in [2.05, 4.69) is 43.5 Å². The summed E-state index contributed by atoms with van der Waals surface area (Å²) in [4.78, 5) is 0. The maximum absolute atomic E-state index is 10.8. The molecule has 1 aromatic rings. The molecule has 1 aromatic carbocycles. The van der Waals surface area contributed by atoms with Crippen LogP contribution in [0.4, 0.5) is 5.69 Å². The summed E-state index contributed by atoms with van der Waals surface area (Å²) in [5.74, 6) is 0.882. The van der Waals surface area contributed by atoms with Crippen LogP contribution in [0.25, 0.3) is 0 Å². The quantitative estimate of drug-likeness (QED) is 0.781. The van der Waals surface area contributed by atoms with Crippen LogP contribution < -0.4 is 15.4 Å². The Bertz CT molecular complexity index is 538. The van der Waals surface area contributed by atoms with Crippen LogP contribution in [-0.2, 0) is 5.41 Å². The highest BCUT2D eigenvalue weighted by atomic mass is 16.5. The molecule has 2 aliphatic heterocycles. The van der Waals surface area contributed by atoms with Crippen molar-refractivity contribution >= 4 is 5.69 Å². The van der Waals surface area contributed by atoms with Gasteiger partial charge in [0, 0.05) is 23.7 Å². The molecule has 116 valence electrons. The number of hydrogen-bond acceptors (Lipinski definition) is 4. The van der Waals surface area contributed by atoms with Gasteiger partial charge < -0.3 is 20.5 Å². The van der Waals surface area contributed by atoms with Crippen molar-refractivity contribution < 1.29 is 9.84 Å². The maximum atomic E-state index is 10.8. The highest BCUT2D eigenvalue weighted by Crippen LogP contribution is 2.48. The SMILES string of the molecule is COc1ccc2c(c1)[C@@]1(CCN[C@H]1[C@H](O)C(C)(C)C)CN2. The summed E-state index contributed by atoms with van der Waals surface area (Å²) in [5.41, 5.74) is 2.26. The van der Waals surface area contributed by atoms with Gasteiger partial charge in [-0.1, -0.05) is 20.8 Å². The number of ether oxygens (including phenoxy) is 1. The second-order valence-electron chi connectivity index (χ2n) is 7.41. The van der Waals surface area contributed by atoms with Gasteiger partial charge in [-0.05, 0) is 42.1 Å². The van der Waals surface area contributed by atoms with Gasteiger partial charge in [-0.2, -0.15) is 0 Å². The zero-order valence-electron chi connectivity index (χ0n) is 13.4. The first-order chi connectivity index (χ1) is 9.88. The van der Waals surface area contributed by atoms with Gasteiger partial charge in [-0.15, -0.1) is 0 Å². The number of nitrogens with one attached hydrogen (secondary N) is 2. The summed E-state index contributed by atoms with van der Waals surface area (Å²) in [7, 11) is 1.70. The van der Waals surface area contributed by atoms with Gasteiger partial charge in [0.2, 0.25) is 0 Å². The molecule has 1 saturated heterocycles. The molecule has 0 saturated carbocycles. The van der Waals surface area contributed by atoms with Crippen LogP contribution in [0.5, 0.6) is 5.75 Å². The second-order valence-corrected chi connectivity index (χ2v) is 7.41. The standard InChI is InChI=1S/C17H26N2O2/c1-16(2,3)15(20)14-17(7-8-18-14)10-19-13-6-5-11(21-4)9-12(13)17/h5-6,9,14-15,18-20H,7-8,10H2,1-4H3/t14-,15-,17+/m0/s1. The van der Waals surface area contributed by atoms with Gasteiger partial charge in [0.05, 0.1) is 13.2 Å². The topological polar surface area (TPSA) is 53.5 Å². The minimum Gasteiger partial charge on any atom is -0.497 e. The number of fused-ring (bicyclic) bond motifs is 2. The molecule has 1 fully saturated rings. The van der Waals surface area contributed by atoms with Crippen molar-refractivity contribution in [2.45, 2.75) is 44.8 Å². The van der Waals surface area contributed by atoms with Crippen molar-refractivity contribution in [2.75, 3.05) is 25.5 Å². The Kier molecular flexibility index (Phi) is 3.41. The van der Waals surface area contributed by atoms with E-state index in [1.165, 1.54) is 11.3 Å². The average Bonchev–Trinajstić information content (AvgIpc) is 3.03. The molecule has 0 aliphatic carbocycles. The Morgan fingerprint density at radius 2 is 2.14 bits per heavy atom. The van der Waals surface area contributed by atoms with E-state index in [4.69, 9.17) is 4.74 Å². The number of methoxy groups -OCH3 is 1. The van der Waals surface area contributed by atoms with Crippen molar-refractivity contribution in [1.29, 1.82) is 0 Å². The lowest BCUT2D eigenvalue weighted by atomic mass is 9.69. The molecule has 21 heavy (non-hydrogen) atoms. The molecule has 3 rings (SSSR count). The predicted octanol–water partition coefficient (Wildman–Crippen LogP) is 2.13. The number of aliphatic hydroxyl groups excluding tert-OH is 1. The summed E-state index contributed by atoms with van der Waals surface area (Å²) in [5, 5.41) is 17.9. The summed E-state index contributed by atoms with van der Waals surface area (Å²) in [6.07, 6.45) is 0.650. The number of rotatable bonds is 2. The van der Waals surface area contributed by atoms with Crippen LogP contribution in [0.1, 0.15) is 32.8 Å². The van der Waals surface area contributed by atoms with E-state index in [9.17, 15) is 5.11 Å². The minimum atomic E-state index is -0.390. The summed E-state index contributed by atoms with van der Waals surface area (Å²) >= 11 is 0. The lowest BCUT2D eigenvalue weighted by Gasteiger charge is -2.39. The number of anilines is 1. The van der Waals surface area contributed by atoms with Gasteiger partial charge in [0.25, 0.3) is 0 Å². The monoisotopic (exact) mass is 290 g/mol. The predicted molar refractivity (Wildman–Crippen MR) is 85.0 cm³/mol. The summed E-state index contributed by atoms with van der Waals surface area (Å²) in [6, 6.07) is 6.27. The Hall–Kier alpha value is -1.26. The van der Waals surface area contributed by atoms with E-state index < -0.39 is 0 Å². The molecule has 1 spiro atoms. The normalized spacial score (nSPS) is 29.3. The molecular formula is C17H26N2O2. The van der Waals surface area contributed by atoms with Crippen molar-refractivity contribution in [3.63, 3.8) is 0 Å². The number of aliphatic hydroxyl groups is 1. The highest BCUT2D eigenvalue weighted by molar-refractivity contribution is 5.64. The Morgan fingerprint density at radius 1 is 1.38 bits per heavy atom. The maximum Gasteiger partial charge on any atom is 0.119 e. The first-order valence-corrected chi connectivity index (χ1v) is 7.72. The molecule has 4 heteroatoms. The summed E-state index contributed by atoms with van der Waals surface area (Å²) in [6.45, 7) is 8.11. The average molecular weight is 290 g/mol. The van der Waals surface area contributed by atoms with Crippen LogP contribution in [0.15, 0.2) is 18.2 Å². The largest absolute Gasteiger partial charge is 0.497 e. The van der Waals surface area contributed by atoms with E-state index >= 15 is 0 Å². The Morgan fingerprint density at radius 3 is 2.81 bits per heavy atom. The van der Waals surface area contributed by atoms with Gasteiger partial charge in [-0.3, -0.25) is 0 Å². The molecule has 4 nitrogen and oxygen atoms in total. The smallest absolute Gasteiger partial charge is 0.119 e. The molecule has 0 unspecified atom stereocenters. The molecule has 3 N–H and O–H groups in total. The molecule has 3 atom stereocenters. The molecule has 0 bridgehead atoms. The zero-order chi connectivity index (χ0) is 15.3. The van der Waals surface area contributed by atoms with Crippen molar-refractivity contribution in [3.8, 4) is 5.75 Å². The zero-order valence-corrected chi connectivity index (χ0v) is 13.4. The lowest BCUT2D eigenvalue weighted by molar-refractivity contribution is 0.0168. The van der Waals surface area contributed by atoms with E-state index in [1.54, 1.807) is 7.11 Å². The van der Waals surface area contributed by atoms with E-state index in [1.807, 2.05) is 6.07 Å². The fourth-order valence-electron chi connectivity index (χ4n) is 3.78. The van der Waals surface area contributed by atoms with Gasteiger partial charge in [0.15, 0.2) is 0 Å². The van der Waals surface area contributed by atoms with Crippen LogP contribution in [0.3, 0.4) is 0 Å². The van der Waals surface area contributed by atoms with Gasteiger partial charge >= 0.3 is 0 Å². The molecule has 0 aromatic heterocycles. The highest BCUT2D eigenvalue weighted by Gasteiger charge is 2.53. The second kappa shape index (κ2) is 4.89. The third-order valence-corrected chi connectivity index (χ3v) is 5.09. The Labute approximate surface area is 126 Å². The fraction of sp³-hybridized carbons (Fsp3) is 0.647. The fourth-order valence-corrected chi connectivity index (χ4v) is 3.78. The van der Waals surface area contributed by atoms with Crippen LogP contribution in [0, 0.1) is 5.41 Å². The lowest BCUT2D eigenvalue weighted by Crippen LogP contribution is -2.54. The van der Waals surface area contributed by atoms with Gasteiger partial charge in [0.1, 0.15) is 5.75 Å². The summed E-state index contributed by atoms with van der Waals surface area (Å²) < 4.78 is 5.39. The van der Waals surface area contributed by atoms with Crippen molar-refractivity contribution in [3.05, 3.63) is 23.8 Å². The molecule has 0 amide bonds. The molecule has 0 radical (unpaired) electrons. The minimum absolute atomic E-state index is 0.0451. The third-order valence-electron chi connectivity index (χ3n) is 5.09. The van der Waals surface area contributed by atoms with E-state index in [0.29, 0.717) is 0 Å². The van der Waals surface area contributed by atoms with Crippen LogP contribution in [-0.4, -0.2) is 37.5 Å². The van der Waals surface area contributed by atoms with E-state index in [0.717, 1.165) is 25.3 Å². The number of hydrogen-bond donors (Lipinski definition) is 3. The first-order valence-electron chi connectivity index (χ1n) is 7.72. The van der Waals surface area contributed by atoms with Gasteiger partial charge in [-0.25, -0.2) is 0 Å². The van der Waals surface area contributed by atoms with Crippen LogP contribution >= 0.6 is 0 Å². The first kappa shape index (κ1) is 14.7.